The van der Waals surface area contributed by atoms with Crippen LogP contribution in [0.3, 0.4) is 0 Å². The highest BCUT2D eigenvalue weighted by molar-refractivity contribution is 5.85. The van der Waals surface area contributed by atoms with Crippen LogP contribution in [0.4, 0.5) is 4.79 Å². The Morgan fingerprint density at radius 1 is 1.18 bits per heavy atom. The number of nitrogens with two attached hydrogens (primary N) is 1. The minimum Gasteiger partial charge on any atom is -0.462 e. The second-order valence-corrected chi connectivity index (χ2v) is 13.0. The van der Waals surface area contributed by atoms with Crippen molar-refractivity contribution < 1.29 is 33.7 Å². The molecule has 4 aliphatic carbocycles. The van der Waals surface area contributed by atoms with Crippen molar-refractivity contribution in [3.05, 3.63) is 11.6 Å². The van der Waals surface area contributed by atoms with E-state index in [0.717, 1.165) is 50.5 Å². The molecule has 4 saturated carbocycles. The quantitative estimate of drug-likeness (QED) is 0.408. The largest absolute Gasteiger partial charge is 0.462 e. The molecule has 0 aromatic heterocycles. The van der Waals surface area contributed by atoms with Crippen LogP contribution in [-0.2, 0) is 23.8 Å². The Hall–Kier alpha value is -2.13. The number of carbonyl (C=O) groups excluding carboxylic acids is 3. The molecule has 1 aliphatic heterocycles. The van der Waals surface area contributed by atoms with Gasteiger partial charge >= 0.3 is 18.0 Å². The molecule has 9 unspecified atom stereocenters. The summed E-state index contributed by atoms with van der Waals surface area (Å²) in [6.45, 7) is 6.68. The molecule has 3 N–H and O–H groups in total. The normalized spacial score (nSPS) is 43.7. The zero-order valence-corrected chi connectivity index (χ0v) is 23.2. The number of hydrogen-bond acceptors (Lipinski definition) is 8. The fraction of sp³-hybridized carbons (Fsp3) is 0.828. The highest BCUT2D eigenvalue weighted by Gasteiger charge is 2.71. The highest BCUT2D eigenvalue weighted by atomic mass is 16.6. The highest BCUT2D eigenvalue weighted by Crippen LogP contribution is 2.70. The lowest BCUT2D eigenvalue weighted by Crippen LogP contribution is -2.62. The number of nitrogens with zero attached hydrogens (tertiary/aromatic N) is 1. The van der Waals surface area contributed by atoms with Crippen LogP contribution in [0, 0.1) is 34.5 Å². The Kier molecular flexibility index (Phi) is 7.08. The molecule has 0 aromatic carbocycles. The van der Waals surface area contributed by atoms with Gasteiger partial charge in [0.05, 0.1) is 5.60 Å². The van der Waals surface area contributed by atoms with Gasteiger partial charge in [0.1, 0.15) is 19.3 Å². The zero-order valence-electron chi connectivity index (χ0n) is 23.2. The van der Waals surface area contributed by atoms with Crippen LogP contribution < -0.4 is 5.73 Å². The lowest BCUT2D eigenvalue weighted by atomic mass is 9.43. The van der Waals surface area contributed by atoms with Gasteiger partial charge in [-0.1, -0.05) is 13.8 Å². The summed E-state index contributed by atoms with van der Waals surface area (Å²) >= 11 is 0. The summed E-state index contributed by atoms with van der Waals surface area (Å²) in [5, 5.41) is 12.6. The first kappa shape index (κ1) is 27.4. The van der Waals surface area contributed by atoms with E-state index in [2.05, 4.69) is 13.8 Å². The summed E-state index contributed by atoms with van der Waals surface area (Å²) in [5.74, 6) is -0.0642. The third-order valence-corrected chi connectivity index (χ3v) is 11.4. The lowest BCUT2D eigenvalue weighted by molar-refractivity contribution is -0.206. The maximum Gasteiger partial charge on any atom is 0.409 e. The zero-order chi connectivity index (χ0) is 27.5. The first-order valence-corrected chi connectivity index (χ1v) is 14.3. The van der Waals surface area contributed by atoms with Crippen LogP contribution in [0.5, 0.6) is 0 Å². The van der Waals surface area contributed by atoms with Crippen LogP contribution in [0.25, 0.3) is 0 Å². The number of rotatable bonds is 5. The number of cyclic esters (lactones) is 1. The molecule has 1 amide bonds. The average molecular weight is 533 g/mol. The maximum atomic E-state index is 12.6. The molecular weight excluding hydrogens is 488 g/mol. The molecule has 5 rings (SSSR count). The van der Waals surface area contributed by atoms with Crippen molar-refractivity contribution in [2.45, 2.75) is 89.9 Å². The fourth-order valence-electron chi connectivity index (χ4n) is 9.50. The molecular formula is C29H44N2O7. The number of aliphatic hydroxyl groups is 1. The van der Waals surface area contributed by atoms with E-state index in [0.29, 0.717) is 24.8 Å². The first-order chi connectivity index (χ1) is 17.9. The van der Waals surface area contributed by atoms with Gasteiger partial charge in [-0.05, 0) is 73.7 Å². The Morgan fingerprint density at radius 3 is 2.61 bits per heavy atom. The lowest BCUT2D eigenvalue weighted by Gasteiger charge is -2.63. The monoisotopic (exact) mass is 532 g/mol. The standard InChI is InChI=1S/C29H44N2O7/c1-17(32)38-23-15-29(35)22-6-5-19-14-20(31(4)26(34)36-12-11-30)7-9-27(19,2)21(22)8-10-28(29,3)25(23)18-13-24(33)37-16-18/h13,19-23,25,35H,5-12,14-16,30H2,1-4H3. The molecule has 38 heavy (non-hydrogen) atoms. The van der Waals surface area contributed by atoms with E-state index in [1.165, 1.54) is 6.92 Å². The SMILES string of the molecule is CC(=O)OC1CC2(O)C3CCC4CC(N(C)C(=O)OCCN)CCC4(C)C3CCC2(C)C1C1=CC(=O)OC1. The van der Waals surface area contributed by atoms with Gasteiger partial charge in [-0.15, -0.1) is 0 Å². The summed E-state index contributed by atoms with van der Waals surface area (Å²) in [4.78, 5) is 38.3. The van der Waals surface area contributed by atoms with Crippen molar-refractivity contribution in [1.82, 2.24) is 4.90 Å². The summed E-state index contributed by atoms with van der Waals surface area (Å²) in [6.07, 6.45) is 7.67. The molecule has 0 bridgehead atoms. The summed E-state index contributed by atoms with van der Waals surface area (Å²) in [6, 6.07) is 0.142. The molecule has 9 atom stereocenters. The molecule has 4 fully saturated rings. The predicted molar refractivity (Wildman–Crippen MR) is 139 cm³/mol. The summed E-state index contributed by atoms with van der Waals surface area (Å²) in [5.41, 5.74) is 4.89. The van der Waals surface area contributed by atoms with Crippen molar-refractivity contribution in [3.8, 4) is 0 Å². The number of ether oxygens (including phenoxy) is 3. The van der Waals surface area contributed by atoms with Gasteiger partial charge < -0.3 is 30.0 Å². The van der Waals surface area contributed by atoms with Crippen LogP contribution in [0.2, 0.25) is 0 Å². The van der Waals surface area contributed by atoms with Gasteiger partial charge in [-0.3, -0.25) is 4.79 Å². The molecule has 1 heterocycles. The molecule has 0 radical (unpaired) electrons. The Bertz CT molecular complexity index is 1010. The molecule has 9 nitrogen and oxygen atoms in total. The van der Waals surface area contributed by atoms with E-state index < -0.39 is 17.1 Å². The van der Waals surface area contributed by atoms with Crippen LogP contribution in [-0.4, -0.2) is 72.6 Å². The molecule has 0 spiro atoms. The Morgan fingerprint density at radius 2 is 1.95 bits per heavy atom. The van der Waals surface area contributed by atoms with Crippen molar-refractivity contribution in [2.75, 3.05) is 26.8 Å². The third kappa shape index (κ3) is 4.15. The van der Waals surface area contributed by atoms with Gasteiger partial charge in [0.2, 0.25) is 0 Å². The number of carbonyl (C=O) groups is 3. The smallest absolute Gasteiger partial charge is 0.409 e. The Balaban J connectivity index is 1.39. The second-order valence-electron chi connectivity index (χ2n) is 13.0. The van der Waals surface area contributed by atoms with Gasteiger partial charge in [-0.25, -0.2) is 9.59 Å². The summed E-state index contributed by atoms with van der Waals surface area (Å²) in [7, 11) is 1.83. The fourth-order valence-corrected chi connectivity index (χ4v) is 9.50. The van der Waals surface area contributed by atoms with Crippen LogP contribution in [0.15, 0.2) is 11.6 Å². The number of fused-ring (bicyclic) bond motifs is 5. The topological polar surface area (TPSA) is 128 Å². The predicted octanol–water partition coefficient (Wildman–Crippen LogP) is 3.18. The molecule has 5 aliphatic rings. The molecule has 0 saturated heterocycles. The third-order valence-electron chi connectivity index (χ3n) is 11.4. The van der Waals surface area contributed by atoms with Crippen molar-refractivity contribution in [3.63, 3.8) is 0 Å². The molecule has 212 valence electrons. The van der Waals surface area contributed by atoms with Crippen molar-refractivity contribution >= 4 is 18.0 Å². The van der Waals surface area contributed by atoms with Crippen molar-refractivity contribution in [1.29, 1.82) is 0 Å². The van der Waals surface area contributed by atoms with Gasteiger partial charge in [0.25, 0.3) is 0 Å². The van der Waals surface area contributed by atoms with E-state index in [-0.39, 0.29) is 54.5 Å². The van der Waals surface area contributed by atoms with Crippen molar-refractivity contribution in [2.24, 2.45) is 40.2 Å². The van der Waals surface area contributed by atoms with Crippen LogP contribution in [0.1, 0.15) is 72.1 Å². The number of hydrogen-bond donors (Lipinski definition) is 2. The van der Waals surface area contributed by atoms with E-state index in [4.69, 9.17) is 19.9 Å². The first-order valence-electron chi connectivity index (χ1n) is 14.3. The maximum absolute atomic E-state index is 12.6. The average Bonchev–Trinajstić information content (AvgIpc) is 3.38. The minimum absolute atomic E-state index is 0.0687. The minimum atomic E-state index is -0.999. The van der Waals surface area contributed by atoms with Gasteiger partial charge in [0.15, 0.2) is 0 Å². The number of amides is 1. The van der Waals surface area contributed by atoms with Gasteiger partial charge in [-0.2, -0.15) is 0 Å². The number of esters is 2. The van der Waals surface area contributed by atoms with E-state index in [9.17, 15) is 19.5 Å². The van der Waals surface area contributed by atoms with Gasteiger partial charge in [0, 0.05) is 50.4 Å². The molecule has 0 aromatic rings. The Labute approximate surface area is 225 Å². The van der Waals surface area contributed by atoms with E-state index in [1.54, 1.807) is 11.0 Å². The van der Waals surface area contributed by atoms with E-state index >= 15 is 0 Å². The second kappa shape index (κ2) is 9.81. The molecule has 9 heteroatoms. The summed E-state index contributed by atoms with van der Waals surface area (Å²) < 4.78 is 16.4. The van der Waals surface area contributed by atoms with E-state index in [1.807, 2.05) is 7.05 Å². The van der Waals surface area contributed by atoms with Crippen LogP contribution >= 0.6 is 0 Å².